The molecule has 1 aromatic rings. The summed E-state index contributed by atoms with van der Waals surface area (Å²) >= 11 is 0. The predicted molar refractivity (Wildman–Crippen MR) is 43.0 cm³/mol. The van der Waals surface area contributed by atoms with Gasteiger partial charge in [0.1, 0.15) is 0 Å². The van der Waals surface area contributed by atoms with Crippen molar-refractivity contribution in [3.8, 4) is 0 Å². The Kier molecular flexibility index (Phi) is 1.96. The molecule has 1 aromatic carbocycles. The van der Waals surface area contributed by atoms with Crippen molar-refractivity contribution in [2.75, 3.05) is 0 Å². The molecule has 0 saturated carbocycles. The normalized spacial score (nSPS) is 9.00. The Morgan fingerprint density at radius 1 is 1.22 bits per heavy atom. The van der Waals surface area contributed by atoms with Crippen LogP contribution in [0.15, 0.2) is 30.3 Å². The Hall–Kier alpha value is -0.680. The zero-order valence-corrected chi connectivity index (χ0v) is 6.12. The Morgan fingerprint density at radius 3 is 2.11 bits per heavy atom. The largest absolute Gasteiger partial charge is 0.300 e. The molecule has 2 heteroatoms. The minimum atomic E-state index is 0.538. The Labute approximate surface area is 56.8 Å². The molecule has 0 spiro atoms. The summed E-state index contributed by atoms with van der Waals surface area (Å²) in [7, 11) is 2.36. The number of benzene rings is 1. The van der Waals surface area contributed by atoms with Crippen molar-refractivity contribution in [3.05, 3.63) is 35.9 Å². The van der Waals surface area contributed by atoms with Crippen molar-refractivity contribution >= 4 is 14.7 Å². The van der Waals surface area contributed by atoms with Crippen LogP contribution in [0.1, 0.15) is 5.56 Å². The van der Waals surface area contributed by atoms with Crippen LogP contribution in [0.2, 0.25) is 0 Å². The molecule has 0 saturated heterocycles. The van der Waals surface area contributed by atoms with E-state index >= 15 is 0 Å². The number of rotatable bonds is 1. The second-order valence-corrected chi connectivity index (χ2v) is 2.36. The van der Waals surface area contributed by atoms with Gasteiger partial charge in [0.15, 0.2) is 0 Å². The first-order valence-corrected chi connectivity index (χ1v) is 3.28. The highest BCUT2D eigenvalue weighted by Gasteiger charge is 1.88. The lowest BCUT2D eigenvalue weighted by Crippen LogP contribution is -1.84. The van der Waals surface area contributed by atoms with Gasteiger partial charge in [-0.15, -0.1) is 0 Å². The molecular weight excluding hydrogens is 129 g/mol. The third-order valence-electron chi connectivity index (χ3n) is 1.08. The van der Waals surface area contributed by atoms with Crippen molar-refractivity contribution in [3.63, 3.8) is 0 Å². The van der Waals surface area contributed by atoms with E-state index in [0.717, 1.165) is 5.56 Å². The van der Waals surface area contributed by atoms with Gasteiger partial charge in [-0.1, -0.05) is 39.6 Å². The van der Waals surface area contributed by atoms with E-state index in [9.17, 15) is 0 Å². The summed E-state index contributed by atoms with van der Waals surface area (Å²) in [5.41, 5.74) is 1.50. The van der Waals surface area contributed by atoms with Crippen LogP contribution in [0.3, 0.4) is 0 Å². The predicted octanol–water partition coefficient (Wildman–Crippen LogP) is 1.89. The molecule has 0 heterocycles. The molecule has 9 heavy (non-hydrogen) atoms. The highest BCUT2D eigenvalue weighted by atomic mass is 31.0. The van der Waals surface area contributed by atoms with E-state index < -0.39 is 0 Å². The van der Waals surface area contributed by atoms with Crippen LogP contribution in [0.5, 0.6) is 0 Å². The topological polar surface area (TPSA) is 23.9 Å². The Bertz CT molecular complexity index is 205. The fourth-order valence-electron chi connectivity index (χ4n) is 0.618. The van der Waals surface area contributed by atoms with Gasteiger partial charge >= 0.3 is 0 Å². The van der Waals surface area contributed by atoms with Gasteiger partial charge in [-0.05, 0) is 5.56 Å². The molecule has 46 valence electrons. The zero-order valence-electron chi connectivity index (χ0n) is 4.96. The van der Waals surface area contributed by atoms with Crippen LogP contribution < -0.4 is 0 Å². The van der Waals surface area contributed by atoms with Gasteiger partial charge in [0.25, 0.3) is 0 Å². The first-order valence-electron chi connectivity index (χ1n) is 2.70. The monoisotopic (exact) mass is 137 g/mol. The minimum absolute atomic E-state index is 0.538. The molecule has 1 atom stereocenters. The van der Waals surface area contributed by atoms with Gasteiger partial charge in [0, 0.05) is 0 Å². The van der Waals surface area contributed by atoms with E-state index in [1.807, 2.05) is 30.3 Å². The standard InChI is InChI=1S/C7H8NP/c8-7(9)6-4-2-1-3-5-6/h1-5,8H,9H2. The van der Waals surface area contributed by atoms with Crippen molar-refractivity contribution in [1.29, 1.82) is 5.41 Å². The third kappa shape index (κ3) is 1.62. The van der Waals surface area contributed by atoms with E-state index in [1.165, 1.54) is 0 Å². The molecule has 0 aliphatic carbocycles. The van der Waals surface area contributed by atoms with Crippen LogP contribution in [0.4, 0.5) is 0 Å². The van der Waals surface area contributed by atoms with Crippen molar-refractivity contribution in [2.45, 2.75) is 0 Å². The molecular formula is C7H8NP. The lowest BCUT2D eigenvalue weighted by Gasteiger charge is -1.92. The number of hydrogen-bond acceptors (Lipinski definition) is 1. The zero-order chi connectivity index (χ0) is 6.69. The SMILES string of the molecule is N=C(P)c1ccccc1. The highest BCUT2D eigenvalue weighted by molar-refractivity contribution is 7.41. The Morgan fingerprint density at radius 2 is 1.78 bits per heavy atom. The molecule has 0 aliphatic rings. The molecule has 1 unspecified atom stereocenters. The van der Waals surface area contributed by atoms with E-state index in [1.54, 1.807) is 0 Å². The Balaban J connectivity index is 2.98. The van der Waals surface area contributed by atoms with Crippen molar-refractivity contribution in [2.24, 2.45) is 0 Å². The van der Waals surface area contributed by atoms with E-state index in [-0.39, 0.29) is 0 Å². The average molecular weight is 137 g/mol. The van der Waals surface area contributed by atoms with Gasteiger partial charge < -0.3 is 5.41 Å². The molecule has 0 aliphatic heterocycles. The first kappa shape index (κ1) is 6.44. The molecule has 1 nitrogen and oxygen atoms in total. The maximum absolute atomic E-state index is 7.20. The molecule has 0 bridgehead atoms. The van der Waals surface area contributed by atoms with Crippen molar-refractivity contribution < 1.29 is 0 Å². The summed E-state index contributed by atoms with van der Waals surface area (Å²) in [6.45, 7) is 0. The number of nitrogens with one attached hydrogen (secondary N) is 1. The van der Waals surface area contributed by atoms with Gasteiger partial charge in [-0.2, -0.15) is 0 Å². The molecule has 0 fully saturated rings. The molecule has 0 amide bonds. The summed E-state index contributed by atoms with van der Waals surface area (Å²) in [6.07, 6.45) is 0. The summed E-state index contributed by atoms with van der Waals surface area (Å²) in [5, 5.41) is 7.20. The van der Waals surface area contributed by atoms with Gasteiger partial charge in [0.2, 0.25) is 0 Å². The molecule has 0 radical (unpaired) electrons. The van der Waals surface area contributed by atoms with Crippen LogP contribution in [0.25, 0.3) is 0 Å². The lowest BCUT2D eigenvalue weighted by atomic mass is 10.2. The molecule has 1 N–H and O–H groups in total. The third-order valence-corrected chi connectivity index (χ3v) is 1.42. The fraction of sp³-hybridized carbons (Fsp3) is 0. The quantitative estimate of drug-likeness (QED) is 0.451. The maximum Gasteiger partial charge on any atom is 0.0551 e. The second kappa shape index (κ2) is 2.75. The van der Waals surface area contributed by atoms with E-state index in [4.69, 9.17) is 5.41 Å². The van der Waals surface area contributed by atoms with Crippen LogP contribution in [-0.2, 0) is 0 Å². The van der Waals surface area contributed by atoms with Crippen LogP contribution in [0, 0.1) is 5.41 Å². The maximum atomic E-state index is 7.20. The first-order chi connectivity index (χ1) is 4.30. The smallest absolute Gasteiger partial charge is 0.0551 e. The van der Waals surface area contributed by atoms with Gasteiger partial charge in [-0.3, -0.25) is 0 Å². The van der Waals surface area contributed by atoms with Crippen molar-refractivity contribution in [1.82, 2.24) is 0 Å². The van der Waals surface area contributed by atoms with Gasteiger partial charge in [-0.25, -0.2) is 0 Å². The molecule has 0 aromatic heterocycles. The summed E-state index contributed by atoms with van der Waals surface area (Å²) in [6, 6.07) is 9.61. The summed E-state index contributed by atoms with van der Waals surface area (Å²) < 4.78 is 0. The minimum Gasteiger partial charge on any atom is -0.300 e. The average Bonchev–Trinajstić information content (AvgIpc) is 1.90. The summed E-state index contributed by atoms with van der Waals surface area (Å²) in [5.74, 6) is 0. The second-order valence-electron chi connectivity index (χ2n) is 1.78. The van der Waals surface area contributed by atoms with E-state index in [0.29, 0.717) is 5.45 Å². The lowest BCUT2D eigenvalue weighted by molar-refractivity contribution is 1.53. The molecule has 1 rings (SSSR count). The van der Waals surface area contributed by atoms with Crippen LogP contribution in [-0.4, -0.2) is 5.45 Å². The van der Waals surface area contributed by atoms with Crippen LogP contribution >= 0.6 is 9.24 Å². The van der Waals surface area contributed by atoms with E-state index in [2.05, 4.69) is 9.24 Å². The highest BCUT2D eigenvalue weighted by Crippen LogP contribution is 2.03. The van der Waals surface area contributed by atoms with Gasteiger partial charge in [0.05, 0.1) is 5.45 Å². The summed E-state index contributed by atoms with van der Waals surface area (Å²) in [4.78, 5) is 0. The fourth-order valence-corrected chi connectivity index (χ4v) is 0.810. The number of hydrogen-bond donors (Lipinski definition) is 1.